The predicted molar refractivity (Wildman–Crippen MR) is 119 cm³/mol. The number of nitrogens with one attached hydrogen (secondary N) is 4. The normalized spacial score (nSPS) is 16.3. The molecule has 0 bridgehead atoms. The fourth-order valence-corrected chi connectivity index (χ4v) is 3.00. The van der Waals surface area contributed by atoms with Crippen LogP contribution < -0.4 is 27.4 Å². The summed E-state index contributed by atoms with van der Waals surface area (Å²) in [6.45, 7) is 4.67. The van der Waals surface area contributed by atoms with Crippen LogP contribution in [-0.2, 0) is 30.4 Å². The third-order valence-corrected chi connectivity index (χ3v) is 5.21. The average molecular weight is 484 g/mol. The van der Waals surface area contributed by atoms with Crippen molar-refractivity contribution in [2.45, 2.75) is 70.3 Å². The summed E-state index contributed by atoms with van der Waals surface area (Å²) in [5.41, 5.74) is 11.1. The van der Waals surface area contributed by atoms with Gasteiger partial charge in [0.1, 0.15) is 18.1 Å². The summed E-state index contributed by atoms with van der Waals surface area (Å²) < 4.78 is 0. The number of aromatic nitrogens is 2. The van der Waals surface area contributed by atoms with Gasteiger partial charge >= 0.3 is 5.97 Å². The summed E-state index contributed by atoms with van der Waals surface area (Å²) in [5, 5.41) is 26.6. The number of nitrogens with two attached hydrogens (primary N) is 2. The van der Waals surface area contributed by atoms with Crippen LogP contribution in [0, 0.1) is 5.92 Å². The van der Waals surface area contributed by atoms with Crippen molar-refractivity contribution in [2.24, 2.45) is 17.4 Å². The lowest BCUT2D eigenvalue weighted by Crippen LogP contribution is -2.60. The van der Waals surface area contributed by atoms with Crippen LogP contribution in [0.3, 0.4) is 0 Å². The van der Waals surface area contributed by atoms with Crippen molar-refractivity contribution in [1.82, 2.24) is 25.9 Å². The number of carboxylic acids is 1. The Balaban J connectivity index is 3.06. The Bertz CT molecular complexity index is 859. The van der Waals surface area contributed by atoms with Gasteiger partial charge in [0.2, 0.25) is 23.6 Å². The fourth-order valence-electron chi connectivity index (χ4n) is 3.00. The first-order valence-electron chi connectivity index (χ1n) is 10.7. The largest absolute Gasteiger partial charge is 0.480 e. The van der Waals surface area contributed by atoms with Gasteiger partial charge in [-0.1, -0.05) is 20.3 Å². The van der Waals surface area contributed by atoms with Crippen LogP contribution >= 0.6 is 0 Å². The van der Waals surface area contributed by atoms with E-state index in [1.165, 1.54) is 19.4 Å². The zero-order valence-corrected chi connectivity index (χ0v) is 19.3. The maximum absolute atomic E-state index is 12.9. The number of carbonyl (C=O) groups is 5. The first-order valence-corrected chi connectivity index (χ1v) is 10.7. The molecule has 14 nitrogen and oxygen atoms in total. The van der Waals surface area contributed by atoms with E-state index in [1.54, 1.807) is 13.8 Å². The van der Waals surface area contributed by atoms with Crippen LogP contribution in [0.5, 0.6) is 0 Å². The van der Waals surface area contributed by atoms with Crippen molar-refractivity contribution in [2.75, 3.05) is 0 Å². The number of hydrogen-bond acceptors (Lipinski definition) is 8. The molecule has 6 atom stereocenters. The number of imidazole rings is 1. The number of aliphatic hydroxyl groups excluding tert-OH is 1. The molecular weight excluding hydrogens is 450 g/mol. The number of carbonyl (C=O) groups excluding carboxylic acids is 4. The summed E-state index contributed by atoms with van der Waals surface area (Å²) in [6.07, 6.45) is 1.32. The lowest BCUT2D eigenvalue weighted by Gasteiger charge is -2.27. The Labute approximate surface area is 196 Å². The van der Waals surface area contributed by atoms with Gasteiger partial charge in [0.05, 0.1) is 24.9 Å². The SMILES string of the molecule is CCC(C)C(NC(=O)C(Cc1cnc[nH]1)NC(=O)C(NC(=O)C(N)CC(N)=O)C(C)O)C(=O)O. The average Bonchev–Trinajstić information content (AvgIpc) is 3.26. The molecule has 14 heteroatoms. The molecule has 0 fully saturated rings. The number of aliphatic hydroxyl groups is 1. The van der Waals surface area contributed by atoms with E-state index in [0.29, 0.717) is 12.1 Å². The van der Waals surface area contributed by atoms with Crippen molar-refractivity contribution in [1.29, 1.82) is 0 Å². The van der Waals surface area contributed by atoms with E-state index in [9.17, 15) is 34.2 Å². The molecule has 0 aromatic carbocycles. The van der Waals surface area contributed by atoms with Crippen molar-refractivity contribution in [3.05, 3.63) is 18.2 Å². The lowest BCUT2D eigenvalue weighted by molar-refractivity contribution is -0.144. The third-order valence-electron chi connectivity index (χ3n) is 5.21. The monoisotopic (exact) mass is 483 g/mol. The molecule has 0 aliphatic rings. The smallest absolute Gasteiger partial charge is 0.326 e. The number of aromatic amines is 1. The van der Waals surface area contributed by atoms with Crippen LogP contribution in [0.2, 0.25) is 0 Å². The number of nitrogens with zero attached hydrogens (tertiary/aromatic N) is 1. The number of rotatable bonds is 14. The maximum Gasteiger partial charge on any atom is 0.326 e. The molecule has 0 spiro atoms. The molecule has 6 unspecified atom stereocenters. The van der Waals surface area contributed by atoms with Crippen LogP contribution in [0.15, 0.2) is 12.5 Å². The third kappa shape index (κ3) is 8.78. The number of carboxylic acid groups (broad SMARTS) is 1. The Morgan fingerprint density at radius 2 is 1.68 bits per heavy atom. The number of primary amides is 1. The zero-order valence-electron chi connectivity index (χ0n) is 19.3. The summed E-state index contributed by atoms with van der Waals surface area (Å²) in [7, 11) is 0. The van der Waals surface area contributed by atoms with Crippen LogP contribution in [0.1, 0.15) is 39.3 Å². The second kappa shape index (κ2) is 13.3. The molecule has 0 aliphatic heterocycles. The summed E-state index contributed by atoms with van der Waals surface area (Å²) in [6, 6.07) is -5.33. The maximum atomic E-state index is 12.9. The molecule has 1 heterocycles. The summed E-state index contributed by atoms with van der Waals surface area (Å²) >= 11 is 0. The molecule has 4 amide bonds. The van der Waals surface area contributed by atoms with E-state index in [-0.39, 0.29) is 12.3 Å². The van der Waals surface area contributed by atoms with Gasteiger partial charge in [-0.2, -0.15) is 0 Å². The van der Waals surface area contributed by atoms with E-state index >= 15 is 0 Å². The number of aliphatic carboxylic acids is 1. The molecule has 34 heavy (non-hydrogen) atoms. The second-order valence-electron chi connectivity index (χ2n) is 8.06. The van der Waals surface area contributed by atoms with Crippen LogP contribution in [0.25, 0.3) is 0 Å². The standard InChI is InChI=1S/C20H33N7O7/c1-4-9(2)15(20(33)34)26-18(31)13(5-11-7-23-8-24-11)25-19(32)16(10(3)28)27-17(30)12(21)6-14(22)29/h7-10,12-13,15-16,28H,4-6,21H2,1-3H3,(H2,22,29)(H,23,24)(H,25,32)(H,26,31)(H,27,30)(H,33,34). The molecule has 0 radical (unpaired) electrons. The first kappa shape index (κ1) is 28.5. The van der Waals surface area contributed by atoms with Gasteiger partial charge in [0.15, 0.2) is 0 Å². The van der Waals surface area contributed by atoms with Crippen molar-refractivity contribution in [3.63, 3.8) is 0 Å². The molecule has 1 aromatic rings. The molecule has 1 aromatic heterocycles. The molecule has 0 saturated carbocycles. The van der Waals surface area contributed by atoms with Crippen molar-refractivity contribution >= 4 is 29.6 Å². The molecule has 0 saturated heterocycles. The highest BCUT2D eigenvalue weighted by Gasteiger charge is 2.34. The minimum absolute atomic E-state index is 0.0773. The van der Waals surface area contributed by atoms with Gasteiger partial charge in [-0.05, 0) is 12.8 Å². The molecule has 0 aliphatic carbocycles. The Morgan fingerprint density at radius 3 is 2.15 bits per heavy atom. The fraction of sp³-hybridized carbons (Fsp3) is 0.600. The van der Waals surface area contributed by atoms with Gasteiger partial charge in [-0.3, -0.25) is 19.2 Å². The quantitative estimate of drug-likeness (QED) is 0.135. The summed E-state index contributed by atoms with van der Waals surface area (Å²) in [5.74, 6) is -5.06. The number of H-pyrrole nitrogens is 1. The van der Waals surface area contributed by atoms with Crippen molar-refractivity contribution < 1.29 is 34.2 Å². The molecule has 190 valence electrons. The van der Waals surface area contributed by atoms with Crippen LogP contribution in [0.4, 0.5) is 0 Å². The molecular formula is C20H33N7O7. The van der Waals surface area contributed by atoms with Crippen LogP contribution in [-0.4, -0.2) is 80.1 Å². The minimum atomic E-state index is -1.52. The van der Waals surface area contributed by atoms with Crippen molar-refractivity contribution in [3.8, 4) is 0 Å². The van der Waals surface area contributed by atoms with Gasteiger partial charge in [0.25, 0.3) is 0 Å². The molecule has 10 N–H and O–H groups in total. The van der Waals surface area contributed by atoms with Gasteiger partial charge < -0.3 is 42.6 Å². The van der Waals surface area contributed by atoms with E-state index in [2.05, 4.69) is 25.9 Å². The van der Waals surface area contributed by atoms with E-state index < -0.39 is 66.3 Å². The highest BCUT2D eigenvalue weighted by Crippen LogP contribution is 2.09. The lowest BCUT2D eigenvalue weighted by atomic mass is 9.98. The minimum Gasteiger partial charge on any atom is -0.480 e. The van der Waals surface area contributed by atoms with E-state index in [1.807, 2.05) is 0 Å². The molecule has 1 rings (SSSR count). The van der Waals surface area contributed by atoms with E-state index in [0.717, 1.165) is 0 Å². The number of hydrogen-bond donors (Lipinski definition) is 8. The Morgan fingerprint density at radius 1 is 1.06 bits per heavy atom. The number of amides is 4. The van der Waals surface area contributed by atoms with Gasteiger partial charge in [-0.25, -0.2) is 9.78 Å². The topological polar surface area (TPSA) is 243 Å². The Hall–Kier alpha value is -3.52. The highest BCUT2D eigenvalue weighted by molar-refractivity contribution is 5.95. The second-order valence-corrected chi connectivity index (χ2v) is 8.06. The van der Waals surface area contributed by atoms with E-state index in [4.69, 9.17) is 11.5 Å². The van der Waals surface area contributed by atoms with Gasteiger partial charge in [-0.15, -0.1) is 0 Å². The van der Waals surface area contributed by atoms with Gasteiger partial charge in [0, 0.05) is 18.3 Å². The zero-order chi connectivity index (χ0) is 26.0. The first-order chi connectivity index (χ1) is 15.9. The highest BCUT2D eigenvalue weighted by atomic mass is 16.4. The Kier molecular flexibility index (Phi) is 11.1. The summed E-state index contributed by atoms with van der Waals surface area (Å²) in [4.78, 5) is 67.3. The predicted octanol–water partition coefficient (Wildman–Crippen LogP) is -2.88.